The fourth-order valence-corrected chi connectivity index (χ4v) is 5.54. The third kappa shape index (κ3) is 7.56. The van der Waals surface area contributed by atoms with E-state index in [2.05, 4.69) is 103 Å². The molecular formula is C28H45N5S. The first-order valence-corrected chi connectivity index (χ1v) is 13.7. The summed E-state index contributed by atoms with van der Waals surface area (Å²) in [6.07, 6.45) is 4.70. The lowest BCUT2D eigenvalue weighted by atomic mass is 10.2. The van der Waals surface area contributed by atoms with E-state index in [4.69, 9.17) is 0 Å². The maximum absolute atomic E-state index is 3.68. The lowest BCUT2D eigenvalue weighted by Gasteiger charge is -2.29. The Balaban J connectivity index is 1.78. The van der Waals surface area contributed by atoms with E-state index >= 15 is 0 Å². The minimum Gasteiger partial charge on any atom is -0.372 e. The van der Waals surface area contributed by atoms with Crippen LogP contribution in [0.4, 0.5) is 22.7 Å². The summed E-state index contributed by atoms with van der Waals surface area (Å²) in [5.74, 6) is 0. The van der Waals surface area contributed by atoms with Crippen LogP contribution in [0.25, 0.3) is 0 Å². The van der Waals surface area contributed by atoms with E-state index in [-0.39, 0.29) is 0 Å². The molecule has 0 saturated carbocycles. The molecule has 0 aromatic heterocycles. The van der Waals surface area contributed by atoms with Gasteiger partial charge < -0.3 is 24.9 Å². The summed E-state index contributed by atoms with van der Waals surface area (Å²) in [4.78, 5) is 12.3. The lowest BCUT2D eigenvalue weighted by molar-refractivity contribution is 0.390. The minimum absolute atomic E-state index is 1.09. The molecule has 1 aliphatic heterocycles. The molecule has 0 spiro atoms. The van der Waals surface area contributed by atoms with Crippen molar-refractivity contribution in [2.75, 3.05) is 82.6 Å². The first-order valence-electron chi connectivity index (χ1n) is 12.9. The fraction of sp³-hybridized carbons (Fsp3) is 0.571. The van der Waals surface area contributed by atoms with Crippen molar-refractivity contribution in [1.29, 1.82) is 0 Å². The average Bonchev–Trinajstić information content (AvgIpc) is 2.80. The number of hydrogen-bond donors (Lipinski definition) is 1. The molecule has 0 atom stereocenters. The molecule has 1 aliphatic rings. The largest absolute Gasteiger partial charge is 0.372 e. The normalized spacial score (nSPS) is 12.5. The Kier molecular flexibility index (Phi) is 10.4. The molecule has 5 nitrogen and oxygen atoms in total. The van der Waals surface area contributed by atoms with Gasteiger partial charge in [0.1, 0.15) is 0 Å². The predicted molar refractivity (Wildman–Crippen MR) is 152 cm³/mol. The van der Waals surface area contributed by atoms with E-state index in [0.29, 0.717) is 0 Å². The highest BCUT2D eigenvalue weighted by molar-refractivity contribution is 7.99. The third-order valence-electron chi connectivity index (χ3n) is 6.20. The Bertz CT molecular complexity index is 878. The van der Waals surface area contributed by atoms with Crippen molar-refractivity contribution in [3.05, 3.63) is 36.4 Å². The van der Waals surface area contributed by atoms with Gasteiger partial charge in [0.15, 0.2) is 0 Å². The SMILES string of the molecule is CCCN(CCC)c1ccc2c(c1)Sc1cc(N(CCCN(C)C)CCCN(C)C)ccc1N2. The van der Waals surface area contributed by atoms with Gasteiger partial charge in [-0.15, -0.1) is 0 Å². The van der Waals surface area contributed by atoms with Crippen molar-refractivity contribution < 1.29 is 0 Å². The van der Waals surface area contributed by atoms with Crippen molar-refractivity contribution in [2.24, 2.45) is 0 Å². The second-order valence-electron chi connectivity index (χ2n) is 9.88. The smallest absolute Gasteiger partial charge is 0.0527 e. The van der Waals surface area contributed by atoms with Gasteiger partial charge in [-0.3, -0.25) is 0 Å². The molecular weight excluding hydrogens is 438 g/mol. The second-order valence-corrected chi connectivity index (χ2v) is 11.0. The number of hydrogen-bond acceptors (Lipinski definition) is 6. The Morgan fingerprint density at radius 2 is 1.06 bits per heavy atom. The first kappa shape index (κ1) is 26.7. The molecule has 0 fully saturated rings. The molecule has 34 heavy (non-hydrogen) atoms. The Morgan fingerprint density at radius 3 is 1.47 bits per heavy atom. The number of anilines is 4. The molecule has 1 heterocycles. The Hall–Kier alpha value is -1.89. The molecule has 188 valence electrons. The second kappa shape index (κ2) is 13.3. The quantitative estimate of drug-likeness (QED) is 0.292. The summed E-state index contributed by atoms with van der Waals surface area (Å²) in [7, 11) is 8.63. The van der Waals surface area contributed by atoms with Crippen LogP contribution in [-0.2, 0) is 0 Å². The van der Waals surface area contributed by atoms with Gasteiger partial charge in [-0.25, -0.2) is 0 Å². The van der Waals surface area contributed by atoms with Gasteiger partial charge in [0.05, 0.1) is 11.4 Å². The average molecular weight is 484 g/mol. The molecule has 6 heteroatoms. The van der Waals surface area contributed by atoms with Crippen LogP contribution in [-0.4, -0.2) is 77.3 Å². The molecule has 0 bridgehead atoms. The van der Waals surface area contributed by atoms with Gasteiger partial charge in [0.25, 0.3) is 0 Å². The number of nitrogens with zero attached hydrogens (tertiary/aromatic N) is 4. The fourth-order valence-electron chi connectivity index (χ4n) is 4.49. The zero-order chi connectivity index (χ0) is 24.5. The highest BCUT2D eigenvalue weighted by Gasteiger charge is 2.19. The number of rotatable bonds is 14. The van der Waals surface area contributed by atoms with Crippen LogP contribution < -0.4 is 15.1 Å². The van der Waals surface area contributed by atoms with Gasteiger partial charge >= 0.3 is 0 Å². The molecule has 0 amide bonds. The zero-order valence-electron chi connectivity index (χ0n) is 22.2. The summed E-state index contributed by atoms with van der Waals surface area (Å²) < 4.78 is 0. The van der Waals surface area contributed by atoms with Crippen molar-refractivity contribution in [3.8, 4) is 0 Å². The number of fused-ring (bicyclic) bond motifs is 2. The van der Waals surface area contributed by atoms with E-state index in [1.807, 2.05) is 11.8 Å². The van der Waals surface area contributed by atoms with Crippen LogP contribution in [0, 0.1) is 0 Å². The predicted octanol–water partition coefficient (Wildman–Crippen LogP) is 6.23. The molecule has 3 rings (SSSR count). The maximum Gasteiger partial charge on any atom is 0.0527 e. The summed E-state index contributed by atoms with van der Waals surface area (Å²) in [6, 6.07) is 13.8. The van der Waals surface area contributed by atoms with Crippen LogP contribution in [0.3, 0.4) is 0 Å². The van der Waals surface area contributed by atoms with Crippen LogP contribution in [0.5, 0.6) is 0 Å². The summed E-state index contributed by atoms with van der Waals surface area (Å²) in [5.41, 5.74) is 5.11. The standard InChI is InChI=1S/C28H45N5S/c1-7-15-32(16-8-2)23-11-13-25-27(21-23)34-28-22-24(12-14-26(28)29-25)33(19-9-17-30(3)4)20-10-18-31(5)6/h11-14,21-22,29H,7-10,15-20H2,1-6H3. The van der Waals surface area contributed by atoms with E-state index in [0.717, 1.165) is 39.3 Å². The van der Waals surface area contributed by atoms with E-state index < -0.39 is 0 Å². The van der Waals surface area contributed by atoms with E-state index in [1.165, 1.54) is 58.2 Å². The van der Waals surface area contributed by atoms with Crippen molar-refractivity contribution >= 4 is 34.5 Å². The molecule has 2 aromatic carbocycles. The topological polar surface area (TPSA) is 25.0 Å². The molecule has 0 unspecified atom stereocenters. The van der Waals surface area contributed by atoms with Gasteiger partial charge in [-0.05, 0) is 103 Å². The van der Waals surface area contributed by atoms with Gasteiger partial charge in [0, 0.05) is 47.3 Å². The minimum atomic E-state index is 1.09. The molecule has 0 radical (unpaired) electrons. The highest BCUT2D eigenvalue weighted by atomic mass is 32.2. The Morgan fingerprint density at radius 1 is 0.618 bits per heavy atom. The van der Waals surface area contributed by atoms with E-state index in [9.17, 15) is 0 Å². The van der Waals surface area contributed by atoms with Crippen molar-refractivity contribution in [3.63, 3.8) is 0 Å². The monoisotopic (exact) mass is 483 g/mol. The van der Waals surface area contributed by atoms with Crippen molar-refractivity contribution in [2.45, 2.75) is 49.3 Å². The first-order chi connectivity index (χ1) is 16.4. The van der Waals surface area contributed by atoms with Crippen LogP contribution in [0.1, 0.15) is 39.5 Å². The van der Waals surface area contributed by atoms with Crippen LogP contribution >= 0.6 is 11.8 Å². The molecule has 1 N–H and O–H groups in total. The van der Waals surface area contributed by atoms with E-state index in [1.54, 1.807) is 0 Å². The van der Waals surface area contributed by atoms with Crippen LogP contribution in [0.15, 0.2) is 46.2 Å². The summed E-state index contributed by atoms with van der Waals surface area (Å²) >= 11 is 1.91. The summed E-state index contributed by atoms with van der Waals surface area (Å²) in [6.45, 7) is 11.2. The van der Waals surface area contributed by atoms with Gasteiger partial charge in [-0.1, -0.05) is 25.6 Å². The summed E-state index contributed by atoms with van der Waals surface area (Å²) in [5, 5.41) is 3.68. The molecule has 2 aromatic rings. The third-order valence-corrected chi connectivity index (χ3v) is 7.32. The van der Waals surface area contributed by atoms with Crippen LogP contribution in [0.2, 0.25) is 0 Å². The van der Waals surface area contributed by atoms with Gasteiger partial charge in [0.2, 0.25) is 0 Å². The number of benzene rings is 2. The highest BCUT2D eigenvalue weighted by Crippen LogP contribution is 2.46. The zero-order valence-corrected chi connectivity index (χ0v) is 23.0. The van der Waals surface area contributed by atoms with Crippen molar-refractivity contribution in [1.82, 2.24) is 9.80 Å². The molecule has 0 saturated heterocycles. The van der Waals surface area contributed by atoms with Gasteiger partial charge in [-0.2, -0.15) is 0 Å². The maximum atomic E-state index is 3.68. The number of nitrogens with one attached hydrogen (secondary N) is 1. The molecule has 0 aliphatic carbocycles. The Labute approximate surface area is 212 Å². The lowest BCUT2D eigenvalue weighted by Crippen LogP contribution is -2.30.